The normalized spacial score (nSPS) is 17.4. The van der Waals surface area contributed by atoms with Gasteiger partial charge < -0.3 is 9.72 Å². The molecule has 0 aliphatic heterocycles. The predicted octanol–water partition coefficient (Wildman–Crippen LogP) is 2.48. The van der Waals surface area contributed by atoms with Crippen LogP contribution < -0.4 is 10.3 Å². The number of hydrogen-bond acceptors (Lipinski definition) is 7. The molecule has 4 aromatic heterocycles. The molecule has 1 aliphatic rings. The zero-order valence-electron chi connectivity index (χ0n) is 16.2. The second kappa shape index (κ2) is 6.20. The van der Waals surface area contributed by atoms with E-state index in [0.29, 0.717) is 34.2 Å². The van der Waals surface area contributed by atoms with Crippen molar-refractivity contribution in [2.75, 3.05) is 7.11 Å². The lowest BCUT2D eigenvalue weighted by Gasteiger charge is -2.06. The van der Waals surface area contributed by atoms with Crippen molar-refractivity contribution in [1.82, 2.24) is 34.7 Å². The summed E-state index contributed by atoms with van der Waals surface area (Å²) in [4.78, 5) is 32.5. The van der Waals surface area contributed by atoms with Crippen molar-refractivity contribution in [3.05, 3.63) is 53.1 Å². The number of ether oxygens (including phenoxy) is 1. The molecule has 9 nitrogen and oxygen atoms in total. The molecule has 1 saturated carbocycles. The fourth-order valence-corrected chi connectivity index (χ4v) is 3.44. The van der Waals surface area contributed by atoms with Crippen molar-refractivity contribution in [2.24, 2.45) is 5.41 Å². The highest BCUT2D eigenvalue weighted by Crippen LogP contribution is 2.57. The molecule has 5 rings (SSSR count). The maximum atomic E-state index is 12.2. The highest BCUT2D eigenvalue weighted by molar-refractivity contribution is 5.80. The van der Waals surface area contributed by atoms with E-state index in [2.05, 4.69) is 33.8 Å². The Labute approximate surface area is 165 Å². The Bertz CT molecular complexity index is 1270. The first-order valence-corrected chi connectivity index (χ1v) is 9.27. The van der Waals surface area contributed by atoms with E-state index in [1.165, 1.54) is 6.33 Å². The highest BCUT2D eigenvalue weighted by atomic mass is 16.5. The number of H-pyrrole nitrogens is 1. The van der Waals surface area contributed by atoms with Crippen LogP contribution in [0.2, 0.25) is 0 Å². The third kappa shape index (κ3) is 2.95. The average Bonchev–Trinajstić information content (AvgIpc) is 3.17. The van der Waals surface area contributed by atoms with E-state index < -0.39 is 0 Å². The molecule has 1 atom stereocenters. The van der Waals surface area contributed by atoms with Gasteiger partial charge in [0.1, 0.15) is 5.69 Å². The number of aromatic amines is 1. The van der Waals surface area contributed by atoms with Crippen LogP contribution in [0.3, 0.4) is 0 Å². The second-order valence-corrected chi connectivity index (χ2v) is 7.83. The second-order valence-electron chi connectivity index (χ2n) is 7.83. The van der Waals surface area contributed by atoms with Crippen molar-refractivity contribution in [2.45, 2.75) is 26.2 Å². The topological polar surface area (TPSA) is 111 Å². The van der Waals surface area contributed by atoms with Gasteiger partial charge in [-0.15, -0.1) is 0 Å². The van der Waals surface area contributed by atoms with E-state index in [9.17, 15) is 4.79 Å². The van der Waals surface area contributed by atoms with E-state index in [4.69, 9.17) is 14.8 Å². The van der Waals surface area contributed by atoms with Crippen LogP contribution in [0.1, 0.15) is 32.0 Å². The molecule has 0 amide bonds. The van der Waals surface area contributed by atoms with Gasteiger partial charge >= 0.3 is 0 Å². The summed E-state index contributed by atoms with van der Waals surface area (Å²) in [5.74, 6) is 2.13. The monoisotopic (exact) mass is 389 g/mol. The summed E-state index contributed by atoms with van der Waals surface area (Å²) in [6.45, 7) is 4.40. The van der Waals surface area contributed by atoms with Crippen LogP contribution in [0.15, 0.2) is 41.7 Å². The Morgan fingerprint density at radius 2 is 2.03 bits per heavy atom. The van der Waals surface area contributed by atoms with Crippen LogP contribution in [0.5, 0.6) is 5.88 Å². The van der Waals surface area contributed by atoms with E-state index in [1.54, 1.807) is 36.3 Å². The lowest BCUT2D eigenvalue weighted by molar-refractivity contribution is 0.397. The number of fused-ring (bicyclic) bond motifs is 1. The van der Waals surface area contributed by atoms with Crippen LogP contribution in [-0.2, 0) is 0 Å². The molecule has 0 saturated heterocycles. The molecule has 1 fully saturated rings. The van der Waals surface area contributed by atoms with Gasteiger partial charge in [-0.05, 0) is 24.0 Å². The molecular weight excluding hydrogens is 370 g/mol. The van der Waals surface area contributed by atoms with E-state index in [-0.39, 0.29) is 11.0 Å². The Balaban J connectivity index is 1.68. The van der Waals surface area contributed by atoms with Crippen LogP contribution in [0, 0.1) is 5.41 Å². The quantitative estimate of drug-likeness (QED) is 0.571. The fourth-order valence-electron chi connectivity index (χ4n) is 3.44. The molecule has 0 spiro atoms. The lowest BCUT2D eigenvalue weighted by Crippen LogP contribution is -2.07. The zero-order chi connectivity index (χ0) is 20.2. The van der Waals surface area contributed by atoms with Gasteiger partial charge in [0.25, 0.3) is 5.56 Å². The number of pyridine rings is 2. The number of rotatable bonds is 4. The molecule has 0 radical (unpaired) electrons. The third-order valence-corrected chi connectivity index (χ3v) is 5.38. The van der Waals surface area contributed by atoms with E-state index in [0.717, 1.165) is 17.9 Å². The predicted molar refractivity (Wildman–Crippen MR) is 106 cm³/mol. The van der Waals surface area contributed by atoms with Gasteiger partial charge in [0.2, 0.25) is 5.88 Å². The summed E-state index contributed by atoms with van der Waals surface area (Å²) in [5, 5.41) is 5.21. The minimum atomic E-state index is -0.223. The maximum Gasteiger partial charge on any atom is 0.258 e. The number of methoxy groups -OCH3 is 1. The maximum absolute atomic E-state index is 12.2. The Hall–Kier alpha value is -3.62. The minimum Gasteiger partial charge on any atom is -0.481 e. The Kier molecular flexibility index (Phi) is 3.73. The van der Waals surface area contributed by atoms with Gasteiger partial charge in [-0.25, -0.2) is 19.6 Å². The first-order chi connectivity index (χ1) is 14.0. The van der Waals surface area contributed by atoms with Crippen molar-refractivity contribution in [3.63, 3.8) is 0 Å². The smallest absolute Gasteiger partial charge is 0.258 e. The van der Waals surface area contributed by atoms with Crippen molar-refractivity contribution in [3.8, 4) is 23.1 Å². The standard InChI is InChI=1S/C20H19N7O2/c1-20(2)7-13(20)17-25-18(27(26-17)11-4-5-16(29-3)22-8-11)14-6-12-15(9-21-14)23-10-24-19(12)28/h4-6,8-10,13H,7H2,1-3H3,(H,23,24,28). The SMILES string of the molecule is COc1ccc(-n2nc(C3CC3(C)C)nc2-c2cc3c(=O)[nH]cnc3cn2)cn1. The van der Waals surface area contributed by atoms with Crippen LogP contribution in [0.4, 0.5) is 0 Å². The zero-order valence-corrected chi connectivity index (χ0v) is 16.2. The highest BCUT2D eigenvalue weighted by Gasteiger charge is 2.49. The van der Waals surface area contributed by atoms with Crippen LogP contribution in [0.25, 0.3) is 28.1 Å². The molecule has 4 heterocycles. The summed E-state index contributed by atoms with van der Waals surface area (Å²) in [6, 6.07) is 5.33. The summed E-state index contributed by atoms with van der Waals surface area (Å²) < 4.78 is 6.87. The number of nitrogens with zero attached hydrogens (tertiary/aromatic N) is 6. The number of nitrogens with one attached hydrogen (secondary N) is 1. The molecule has 29 heavy (non-hydrogen) atoms. The van der Waals surface area contributed by atoms with Gasteiger partial charge in [0, 0.05) is 12.0 Å². The minimum absolute atomic E-state index is 0.180. The van der Waals surface area contributed by atoms with Gasteiger partial charge in [-0.1, -0.05) is 13.8 Å². The number of hydrogen-bond donors (Lipinski definition) is 1. The molecule has 1 aliphatic carbocycles. The molecule has 1 unspecified atom stereocenters. The largest absolute Gasteiger partial charge is 0.481 e. The van der Waals surface area contributed by atoms with Crippen LogP contribution in [-0.4, -0.2) is 41.8 Å². The lowest BCUT2D eigenvalue weighted by atomic mass is 10.1. The summed E-state index contributed by atoms with van der Waals surface area (Å²) >= 11 is 0. The Morgan fingerprint density at radius 1 is 1.21 bits per heavy atom. The summed E-state index contributed by atoms with van der Waals surface area (Å²) in [7, 11) is 1.57. The van der Waals surface area contributed by atoms with Crippen molar-refractivity contribution >= 4 is 10.9 Å². The molecule has 146 valence electrons. The molecule has 0 bridgehead atoms. The van der Waals surface area contributed by atoms with E-state index >= 15 is 0 Å². The van der Waals surface area contributed by atoms with E-state index in [1.807, 2.05) is 6.07 Å². The molecule has 1 N–H and O–H groups in total. The molecule has 9 heteroatoms. The number of aromatic nitrogens is 7. The van der Waals surface area contributed by atoms with Gasteiger partial charge in [0.15, 0.2) is 11.6 Å². The van der Waals surface area contributed by atoms with Crippen molar-refractivity contribution in [1.29, 1.82) is 0 Å². The fraction of sp³-hybridized carbons (Fsp3) is 0.300. The average molecular weight is 389 g/mol. The first-order valence-electron chi connectivity index (χ1n) is 9.27. The first kappa shape index (κ1) is 17.5. The van der Waals surface area contributed by atoms with Crippen LogP contribution >= 0.6 is 0 Å². The molecular formula is C20H19N7O2. The summed E-state index contributed by atoms with van der Waals surface area (Å²) in [6.07, 6.45) is 5.65. The van der Waals surface area contributed by atoms with Gasteiger partial charge in [-0.3, -0.25) is 9.78 Å². The molecule has 4 aromatic rings. The molecule has 0 aromatic carbocycles. The van der Waals surface area contributed by atoms with Crippen molar-refractivity contribution < 1.29 is 4.74 Å². The summed E-state index contributed by atoms with van der Waals surface area (Å²) in [5.41, 5.74) is 1.76. The van der Waals surface area contributed by atoms with Gasteiger partial charge in [-0.2, -0.15) is 5.10 Å². The Morgan fingerprint density at radius 3 is 2.72 bits per heavy atom. The third-order valence-electron chi connectivity index (χ3n) is 5.38. The van der Waals surface area contributed by atoms with Gasteiger partial charge in [0.05, 0.1) is 42.4 Å².